The molecule has 0 saturated heterocycles. The van der Waals surface area contributed by atoms with Crippen LogP contribution in [0.4, 0.5) is 13.2 Å². The SMILES string of the molecule is COCCN(CC(=O)N(CCc1c[nH]c2ccccc12)Cc1ccc(OC)c(OC)c1)S(=O)(=O)c1cccc(C(F)(F)F)c1. The van der Waals surface area contributed by atoms with Gasteiger partial charge in [-0.3, -0.25) is 4.79 Å². The van der Waals surface area contributed by atoms with Crippen LogP contribution in [0.25, 0.3) is 10.9 Å². The second kappa shape index (κ2) is 14.1. The number of benzene rings is 3. The summed E-state index contributed by atoms with van der Waals surface area (Å²) in [6.07, 6.45) is -2.41. The van der Waals surface area contributed by atoms with Gasteiger partial charge in [-0.2, -0.15) is 17.5 Å². The Morgan fingerprint density at radius 3 is 2.36 bits per heavy atom. The van der Waals surface area contributed by atoms with E-state index in [4.69, 9.17) is 14.2 Å². The lowest BCUT2D eigenvalue weighted by molar-refractivity contribution is -0.137. The molecule has 0 bridgehead atoms. The van der Waals surface area contributed by atoms with E-state index in [9.17, 15) is 26.4 Å². The molecular formula is C31H34F3N3O6S. The van der Waals surface area contributed by atoms with Crippen molar-refractivity contribution >= 4 is 26.8 Å². The number of nitrogens with one attached hydrogen (secondary N) is 1. The third kappa shape index (κ3) is 7.71. The summed E-state index contributed by atoms with van der Waals surface area (Å²) in [7, 11) is -0.135. The first-order valence-electron chi connectivity index (χ1n) is 13.7. The molecule has 0 unspecified atom stereocenters. The number of carbonyl (C=O) groups excluding carboxylic acids is 1. The van der Waals surface area contributed by atoms with E-state index in [0.717, 1.165) is 39.0 Å². The van der Waals surface area contributed by atoms with E-state index in [1.54, 1.807) is 18.2 Å². The number of hydrogen-bond acceptors (Lipinski definition) is 6. The molecule has 1 N–H and O–H groups in total. The van der Waals surface area contributed by atoms with Gasteiger partial charge in [0.2, 0.25) is 15.9 Å². The number of amides is 1. The minimum Gasteiger partial charge on any atom is -0.493 e. The fraction of sp³-hybridized carbons (Fsp3) is 0.323. The Bertz CT molecular complexity index is 1690. The standard InChI is InChI=1S/C31H34F3N3O6S/c1-41-16-15-37(44(39,40)25-8-6-7-24(18-25)31(32,33)34)21-30(38)36(20-22-11-12-28(42-2)29(17-22)43-3)14-13-23-19-35-27-10-5-4-9-26(23)27/h4-12,17-19,35H,13-16,20-21H2,1-3H3. The molecule has 236 valence electrons. The summed E-state index contributed by atoms with van der Waals surface area (Å²) >= 11 is 0. The highest BCUT2D eigenvalue weighted by molar-refractivity contribution is 7.89. The van der Waals surface area contributed by atoms with Crippen molar-refractivity contribution in [3.63, 3.8) is 0 Å². The van der Waals surface area contributed by atoms with Gasteiger partial charge in [0.25, 0.3) is 0 Å². The number of carbonyl (C=O) groups is 1. The van der Waals surface area contributed by atoms with Crippen LogP contribution in [0.15, 0.2) is 77.8 Å². The number of fused-ring (bicyclic) bond motifs is 1. The van der Waals surface area contributed by atoms with Crippen molar-refractivity contribution in [2.45, 2.75) is 24.0 Å². The molecule has 0 saturated carbocycles. The molecule has 9 nitrogen and oxygen atoms in total. The van der Waals surface area contributed by atoms with Gasteiger partial charge in [0.1, 0.15) is 0 Å². The molecule has 1 amide bonds. The maximum absolute atomic E-state index is 13.9. The first-order valence-corrected chi connectivity index (χ1v) is 15.1. The number of rotatable bonds is 14. The largest absolute Gasteiger partial charge is 0.493 e. The number of halogens is 3. The second-order valence-corrected chi connectivity index (χ2v) is 11.9. The van der Waals surface area contributed by atoms with Gasteiger partial charge in [-0.25, -0.2) is 8.42 Å². The average molecular weight is 634 g/mol. The van der Waals surface area contributed by atoms with Gasteiger partial charge in [-0.1, -0.05) is 30.3 Å². The molecule has 44 heavy (non-hydrogen) atoms. The summed E-state index contributed by atoms with van der Waals surface area (Å²) in [6.45, 7) is -0.576. The predicted octanol–water partition coefficient (Wildman–Crippen LogP) is 5.11. The van der Waals surface area contributed by atoms with E-state index in [1.165, 1.54) is 26.2 Å². The number of H-pyrrole nitrogens is 1. The highest BCUT2D eigenvalue weighted by Crippen LogP contribution is 2.32. The minimum atomic E-state index is -4.74. The molecular weight excluding hydrogens is 599 g/mol. The predicted molar refractivity (Wildman–Crippen MR) is 159 cm³/mol. The van der Waals surface area contributed by atoms with Crippen molar-refractivity contribution in [2.24, 2.45) is 0 Å². The number of nitrogens with zero attached hydrogens (tertiary/aromatic N) is 2. The molecule has 1 aromatic heterocycles. The van der Waals surface area contributed by atoms with Gasteiger partial charge < -0.3 is 24.1 Å². The first-order chi connectivity index (χ1) is 21.0. The summed E-state index contributed by atoms with van der Waals surface area (Å²) in [4.78, 5) is 18.0. The van der Waals surface area contributed by atoms with Gasteiger partial charge in [-0.05, 0) is 53.9 Å². The number of methoxy groups -OCH3 is 3. The third-order valence-corrected chi connectivity index (χ3v) is 9.00. The van der Waals surface area contributed by atoms with Crippen LogP contribution in [-0.2, 0) is 38.7 Å². The number of alkyl halides is 3. The first kappa shape index (κ1) is 32.8. The normalized spacial score (nSPS) is 12.1. The van der Waals surface area contributed by atoms with Crippen molar-refractivity contribution in [1.29, 1.82) is 0 Å². The molecule has 0 fully saturated rings. The van der Waals surface area contributed by atoms with Crippen LogP contribution in [0.2, 0.25) is 0 Å². The molecule has 4 aromatic rings. The Morgan fingerprint density at radius 2 is 1.66 bits per heavy atom. The van der Waals surface area contributed by atoms with Crippen LogP contribution in [-0.4, -0.2) is 76.1 Å². The summed E-state index contributed by atoms with van der Waals surface area (Å²) < 4.78 is 83.9. The van der Waals surface area contributed by atoms with Crippen LogP contribution >= 0.6 is 0 Å². The fourth-order valence-electron chi connectivity index (χ4n) is 4.80. The second-order valence-electron chi connectivity index (χ2n) is 9.97. The van der Waals surface area contributed by atoms with Crippen molar-refractivity contribution in [3.05, 3.63) is 89.6 Å². The minimum absolute atomic E-state index is 0.0729. The van der Waals surface area contributed by atoms with Gasteiger partial charge in [0.05, 0.1) is 37.8 Å². The maximum atomic E-state index is 13.9. The Balaban J connectivity index is 1.64. The number of sulfonamides is 1. The molecule has 0 aliphatic heterocycles. The Hall–Kier alpha value is -4.07. The van der Waals surface area contributed by atoms with Crippen LogP contribution < -0.4 is 9.47 Å². The monoisotopic (exact) mass is 633 g/mol. The lowest BCUT2D eigenvalue weighted by Gasteiger charge is -2.28. The van der Waals surface area contributed by atoms with E-state index < -0.39 is 39.1 Å². The highest BCUT2D eigenvalue weighted by atomic mass is 32.2. The molecule has 0 atom stereocenters. The quantitative estimate of drug-likeness (QED) is 0.207. The number of aromatic amines is 1. The van der Waals surface area contributed by atoms with E-state index in [2.05, 4.69) is 4.98 Å². The number of ether oxygens (including phenoxy) is 3. The van der Waals surface area contributed by atoms with Gasteiger partial charge in [0, 0.05) is 43.8 Å². The lowest BCUT2D eigenvalue weighted by Crippen LogP contribution is -2.44. The van der Waals surface area contributed by atoms with Crippen molar-refractivity contribution in [3.8, 4) is 11.5 Å². The Morgan fingerprint density at radius 1 is 0.909 bits per heavy atom. The molecule has 0 aliphatic carbocycles. The van der Waals surface area contributed by atoms with Crippen LogP contribution in [0.1, 0.15) is 16.7 Å². The molecule has 3 aromatic carbocycles. The van der Waals surface area contributed by atoms with E-state index >= 15 is 0 Å². The van der Waals surface area contributed by atoms with E-state index in [0.29, 0.717) is 29.5 Å². The Labute approximate surface area is 254 Å². The summed E-state index contributed by atoms with van der Waals surface area (Å²) in [5.74, 6) is 0.431. The zero-order chi connectivity index (χ0) is 31.9. The van der Waals surface area contributed by atoms with E-state index in [-0.39, 0.29) is 26.2 Å². The Kier molecular flexibility index (Phi) is 10.6. The van der Waals surface area contributed by atoms with E-state index in [1.807, 2.05) is 30.5 Å². The van der Waals surface area contributed by atoms with Crippen molar-refractivity contribution < 1.29 is 40.6 Å². The molecule has 0 aliphatic rings. The van der Waals surface area contributed by atoms with Gasteiger partial charge >= 0.3 is 6.18 Å². The maximum Gasteiger partial charge on any atom is 0.416 e. The highest BCUT2D eigenvalue weighted by Gasteiger charge is 2.34. The summed E-state index contributed by atoms with van der Waals surface area (Å²) in [6, 6.07) is 16.4. The summed E-state index contributed by atoms with van der Waals surface area (Å²) in [5, 5.41) is 1.000. The smallest absolute Gasteiger partial charge is 0.416 e. The zero-order valence-corrected chi connectivity index (χ0v) is 25.4. The average Bonchev–Trinajstić information content (AvgIpc) is 3.43. The molecule has 0 spiro atoms. The van der Waals surface area contributed by atoms with Crippen LogP contribution in [0, 0.1) is 0 Å². The van der Waals surface area contributed by atoms with Crippen molar-refractivity contribution in [1.82, 2.24) is 14.2 Å². The van der Waals surface area contributed by atoms with Crippen LogP contribution in [0.3, 0.4) is 0 Å². The molecule has 4 rings (SSSR count). The number of hydrogen-bond donors (Lipinski definition) is 1. The van der Waals surface area contributed by atoms with Gasteiger partial charge in [0.15, 0.2) is 11.5 Å². The summed E-state index contributed by atoms with van der Waals surface area (Å²) in [5.41, 5.74) is 1.52. The fourth-order valence-corrected chi connectivity index (χ4v) is 6.22. The van der Waals surface area contributed by atoms with Gasteiger partial charge in [-0.15, -0.1) is 0 Å². The molecule has 13 heteroatoms. The number of aromatic nitrogens is 1. The topological polar surface area (TPSA) is 101 Å². The molecule has 0 radical (unpaired) electrons. The lowest BCUT2D eigenvalue weighted by atomic mass is 10.1. The molecule has 1 heterocycles. The third-order valence-electron chi connectivity index (χ3n) is 7.16. The number of para-hydroxylation sites is 1. The van der Waals surface area contributed by atoms with Crippen molar-refractivity contribution in [2.75, 3.05) is 47.6 Å². The van der Waals surface area contributed by atoms with Crippen LogP contribution in [0.5, 0.6) is 11.5 Å². The zero-order valence-electron chi connectivity index (χ0n) is 24.6.